The Morgan fingerprint density at radius 3 is 3.13 bits per heavy atom. The molecule has 5 heteroatoms. The van der Waals surface area contributed by atoms with Gasteiger partial charge in [-0.25, -0.2) is 4.98 Å². The molecule has 15 heavy (non-hydrogen) atoms. The predicted molar refractivity (Wildman–Crippen MR) is 63.6 cm³/mol. The molecule has 1 aliphatic rings. The van der Waals surface area contributed by atoms with Gasteiger partial charge >= 0.3 is 0 Å². The summed E-state index contributed by atoms with van der Waals surface area (Å²) in [5, 5.41) is 3.07. The Labute approximate surface area is 93.1 Å². The van der Waals surface area contributed by atoms with Gasteiger partial charge in [0.25, 0.3) is 5.56 Å². The summed E-state index contributed by atoms with van der Waals surface area (Å²) in [7, 11) is 0. The summed E-state index contributed by atoms with van der Waals surface area (Å²) in [6.07, 6.45) is 7.76. The Kier molecular flexibility index (Phi) is 3.30. The highest BCUT2D eigenvalue weighted by Gasteiger charge is 2.25. The van der Waals surface area contributed by atoms with E-state index in [1.165, 1.54) is 0 Å². The zero-order chi connectivity index (χ0) is 10.7. The fourth-order valence-corrected chi connectivity index (χ4v) is 1.76. The van der Waals surface area contributed by atoms with E-state index in [-0.39, 0.29) is 5.56 Å². The summed E-state index contributed by atoms with van der Waals surface area (Å²) in [6.45, 7) is 0.790. The number of thioether (sulfide) groups is 1. The normalized spacial score (nSPS) is 15.3. The number of aromatic nitrogens is 2. The van der Waals surface area contributed by atoms with Crippen LogP contribution in [0, 0.1) is 0 Å². The van der Waals surface area contributed by atoms with Crippen LogP contribution in [0.1, 0.15) is 18.9 Å². The average Bonchev–Trinajstić information content (AvgIpc) is 3.05. The minimum atomic E-state index is 0.0149. The van der Waals surface area contributed by atoms with Gasteiger partial charge < -0.3 is 9.88 Å². The van der Waals surface area contributed by atoms with Crippen LogP contribution in [0.5, 0.6) is 0 Å². The van der Waals surface area contributed by atoms with Crippen LogP contribution in [0.4, 0.5) is 5.82 Å². The summed E-state index contributed by atoms with van der Waals surface area (Å²) < 4.78 is 1.79. The van der Waals surface area contributed by atoms with Gasteiger partial charge in [-0.1, -0.05) is 0 Å². The van der Waals surface area contributed by atoms with Gasteiger partial charge in [-0.05, 0) is 19.1 Å². The van der Waals surface area contributed by atoms with E-state index in [0.29, 0.717) is 11.9 Å². The molecule has 2 rings (SSSR count). The molecule has 1 fully saturated rings. The molecule has 0 atom stereocenters. The van der Waals surface area contributed by atoms with Crippen LogP contribution >= 0.6 is 11.8 Å². The molecule has 82 valence electrons. The summed E-state index contributed by atoms with van der Waals surface area (Å²) >= 11 is 1.75. The van der Waals surface area contributed by atoms with Crippen molar-refractivity contribution in [1.82, 2.24) is 9.55 Å². The van der Waals surface area contributed by atoms with Gasteiger partial charge in [0.15, 0.2) is 5.82 Å². The smallest absolute Gasteiger partial charge is 0.293 e. The lowest BCUT2D eigenvalue weighted by molar-refractivity contribution is 0.700. The Morgan fingerprint density at radius 2 is 2.47 bits per heavy atom. The lowest BCUT2D eigenvalue weighted by Gasteiger charge is -2.07. The predicted octanol–water partition coefficient (Wildman–Crippen LogP) is 1.35. The van der Waals surface area contributed by atoms with Crippen LogP contribution in [0.2, 0.25) is 0 Å². The molecule has 0 aliphatic heterocycles. The van der Waals surface area contributed by atoms with Gasteiger partial charge in [0, 0.05) is 30.7 Å². The van der Waals surface area contributed by atoms with E-state index >= 15 is 0 Å². The topological polar surface area (TPSA) is 46.9 Å². The Morgan fingerprint density at radius 1 is 1.67 bits per heavy atom. The first-order valence-electron chi connectivity index (χ1n) is 5.13. The van der Waals surface area contributed by atoms with Gasteiger partial charge in [-0.3, -0.25) is 4.79 Å². The van der Waals surface area contributed by atoms with E-state index in [1.54, 1.807) is 28.7 Å². The molecule has 0 saturated heterocycles. The van der Waals surface area contributed by atoms with Crippen molar-refractivity contribution in [2.45, 2.75) is 18.9 Å². The van der Waals surface area contributed by atoms with Crippen molar-refractivity contribution in [1.29, 1.82) is 0 Å². The highest BCUT2D eigenvalue weighted by Crippen LogP contribution is 2.33. The van der Waals surface area contributed by atoms with Crippen molar-refractivity contribution in [3.8, 4) is 0 Å². The largest absolute Gasteiger partial charge is 0.365 e. The molecule has 1 saturated carbocycles. The second-order valence-electron chi connectivity index (χ2n) is 3.64. The number of nitrogens with one attached hydrogen (secondary N) is 1. The summed E-state index contributed by atoms with van der Waals surface area (Å²) in [5.41, 5.74) is 0.0149. The molecule has 1 aliphatic carbocycles. The molecule has 1 N–H and O–H groups in total. The van der Waals surface area contributed by atoms with Gasteiger partial charge in [0.1, 0.15) is 0 Å². The van der Waals surface area contributed by atoms with E-state index in [2.05, 4.69) is 10.3 Å². The molecular formula is C10H15N3OS. The third kappa shape index (κ3) is 2.53. The average molecular weight is 225 g/mol. The fraction of sp³-hybridized carbons (Fsp3) is 0.600. The van der Waals surface area contributed by atoms with Crippen molar-refractivity contribution >= 4 is 17.6 Å². The quantitative estimate of drug-likeness (QED) is 0.768. The van der Waals surface area contributed by atoms with Crippen LogP contribution < -0.4 is 10.9 Å². The summed E-state index contributed by atoms with van der Waals surface area (Å²) in [5.74, 6) is 1.47. The first-order valence-corrected chi connectivity index (χ1v) is 6.52. The van der Waals surface area contributed by atoms with Crippen molar-refractivity contribution in [2.75, 3.05) is 23.9 Å². The molecule has 0 amide bonds. The molecule has 0 bridgehead atoms. The van der Waals surface area contributed by atoms with Crippen LogP contribution in [0.25, 0.3) is 0 Å². The van der Waals surface area contributed by atoms with Crippen LogP contribution in [0.15, 0.2) is 17.2 Å². The zero-order valence-electron chi connectivity index (χ0n) is 8.77. The molecule has 0 aromatic carbocycles. The second kappa shape index (κ2) is 4.70. The Balaban J connectivity index is 2.09. The maximum atomic E-state index is 11.9. The molecule has 0 spiro atoms. The Hall–Kier alpha value is -0.970. The molecule has 1 heterocycles. The van der Waals surface area contributed by atoms with E-state index in [9.17, 15) is 4.79 Å². The minimum Gasteiger partial charge on any atom is -0.365 e. The van der Waals surface area contributed by atoms with E-state index in [0.717, 1.165) is 25.1 Å². The highest BCUT2D eigenvalue weighted by atomic mass is 32.2. The van der Waals surface area contributed by atoms with Crippen molar-refractivity contribution in [3.63, 3.8) is 0 Å². The number of anilines is 1. The van der Waals surface area contributed by atoms with Crippen LogP contribution in [-0.4, -0.2) is 28.1 Å². The first-order chi connectivity index (χ1) is 7.33. The Bertz CT molecular complexity index is 386. The van der Waals surface area contributed by atoms with Gasteiger partial charge in [-0.15, -0.1) is 0 Å². The van der Waals surface area contributed by atoms with Crippen LogP contribution in [0.3, 0.4) is 0 Å². The minimum absolute atomic E-state index is 0.0149. The van der Waals surface area contributed by atoms with E-state index in [4.69, 9.17) is 0 Å². The second-order valence-corrected chi connectivity index (χ2v) is 4.62. The molecule has 1 aromatic heterocycles. The third-order valence-electron chi connectivity index (χ3n) is 2.41. The molecular weight excluding hydrogens is 210 g/mol. The van der Waals surface area contributed by atoms with Gasteiger partial charge in [0.2, 0.25) is 0 Å². The van der Waals surface area contributed by atoms with Crippen molar-refractivity contribution in [2.24, 2.45) is 0 Å². The summed E-state index contributed by atoms with van der Waals surface area (Å²) in [6, 6.07) is 0.418. The zero-order valence-corrected chi connectivity index (χ0v) is 9.59. The SMILES string of the molecule is CSCCNc1nccn(C2CC2)c1=O. The van der Waals surface area contributed by atoms with Crippen molar-refractivity contribution < 1.29 is 0 Å². The van der Waals surface area contributed by atoms with Gasteiger partial charge in [0.05, 0.1) is 0 Å². The number of nitrogens with zero attached hydrogens (tertiary/aromatic N) is 2. The van der Waals surface area contributed by atoms with Crippen LogP contribution in [-0.2, 0) is 0 Å². The number of hydrogen-bond acceptors (Lipinski definition) is 4. The van der Waals surface area contributed by atoms with E-state index < -0.39 is 0 Å². The number of hydrogen-bond donors (Lipinski definition) is 1. The molecule has 1 aromatic rings. The number of rotatable bonds is 5. The van der Waals surface area contributed by atoms with Gasteiger partial charge in [-0.2, -0.15) is 11.8 Å². The van der Waals surface area contributed by atoms with Crippen molar-refractivity contribution in [3.05, 3.63) is 22.7 Å². The maximum absolute atomic E-state index is 11.9. The fourth-order valence-electron chi connectivity index (χ4n) is 1.46. The maximum Gasteiger partial charge on any atom is 0.293 e. The highest BCUT2D eigenvalue weighted by molar-refractivity contribution is 7.98. The lowest BCUT2D eigenvalue weighted by Crippen LogP contribution is -2.24. The standard InChI is InChI=1S/C10H15N3OS/c1-15-7-5-12-9-10(14)13(6-4-11-9)8-2-3-8/h4,6,8H,2-3,5,7H2,1H3,(H,11,12). The molecule has 0 unspecified atom stereocenters. The first kappa shape index (κ1) is 10.5. The van der Waals surface area contributed by atoms with E-state index in [1.807, 2.05) is 6.26 Å². The lowest BCUT2D eigenvalue weighted by atomic mass is 10.5. The monoisotopic (exact) mass is 225 g/mol. The molecule has 4 nitrogen and oxygen atoms in total. The summed E-state index contributed by atoms with van der Waals surface area (Å²) in [4.78, 5) is 15.9. The molecule has 0 radical (unpaired) electrons. The third-order valence-corrected chi connectivity index (χ3v) is 3.02.